The highest BCUT2D eigenvalue weighted by Crippen LogP contribution is 2.70. The molecule has 37 heavy (non-hydrogen) atoms. The molecule has 0 amide bonds. The second-order valence-corrected chi connectivity index (χ2v) is 13.0. The molecule has 1 spiro atoms. The van der Waals surface area contributed by atoms with Crippen molar-refractivity contribution >= 4 is 46.8 Å². The Hall–Kier alpha value is -2.80. The molecule has 2 saturated heterocycles. The zero-order chi connectivity index (χ0) is 25.4. The lowest BCUT2D eigenvalue weighted by Crippen LogP contribution is -2.67. The van der Waals surface area contributed by atoms with E-state index < -0.39 is 29.5 Å². The average molecular weight is 537 g/mol. The zero-order valence-electron chi connectivity index (χ0n) is 19.9. The number of aromatic nitrogens is 3. The standard InChI is InChI=1S/C25H24N6O4S2/c1-30-8-28-23(11(30)4-10(26)24(34)35)37-22-19-12(32)5-13-25(22)6-14(36-13)29-18-16(25)20-15-9(2-3-31(19)20)7-27-17(15)21(18)33/h5,7-8,10,14,18-19,22,27,29H,2-4,6,26H2,1H3,(H,34,35). The maximum absolute atomic E-state index is 13.8. The van der Waals surface area contributed by atoms with Crippen molar-refractivity contribution in [3.63, 3.8) is 0 Å². The topological polar surface area (TPSA) is 146 Å². The first-order chi connectivity index (χ1) is 17.8. The molecular weight excluding hydrogens is 512 g/mol. The molecule has 4 aliphatic heterocycles. The minimum Gasteiger partial charge on any atom is -0.480 e. The van der Waals surface area contributed by atoms with Crippen molar-refractivity contribution in [3.8, 4) is 0 Å². The highest BCUT2D eigenvalue weighted by molar-refractivity contribution is 8.04. The van der Waals surface area contributed by atoms with Gasteiger partial charge in [-0.1, -0.05) is 11.8 Å². The van der Waals surface area contributed by atoms with Crippen molar-refractivity contribution < 1.29 is 19.5 Å². The van der Waals surface area contributed by atoms with E-state index in [2.05, 4.69) is 20.2 Å². The number of aromatic amines is 1. The molecule has 10 nitrogen and oxygen atoms in total. The summed E-state index contributed by atoms with van der Waals surface area (Å²) in [6.45, 7) is 0.701. The van der Waals surface area contributed by atoms with Gasteiger partial charge in [-0.25, -0.2) is 4.98 Å². The first-order valence-electron chi connectivity index (χ1n) is 12.4. The summed E-state index contributed by atoms with van der Waals surface area (Å²) in [5.41, 5.74) is 11.1. The predicted octanol–water partition coefficient (Wildman–Crippen LogP) is 0.899. The third-order valence-corrected chi connectivity index (χ3v) is 11.7. The quantitative estimate of drug-likeness (QED) is 0.435. The summed E-state index contributed by atoms with van der Waals surface area (Å²) in [4.78, 5) is 50.3. The maximum Gasteiger partial charge on any atom is 0.320 e. The van der Waals surface area contributed by atoms with Crippen LogP contribution in [0, 0.1) is 5.41 Å². The van der Waals surface area contributed by atoms with E-state index in [9.17, 15) is 19.5 Å². The summed E-state index contributed by atoms with van der Waals surface area (Å²) in [7, 11) is 1.84. The lowest BCUT2D eigenvalue weighted by Gasteiger charge is -2.59. The Morgan fingerprint density at radius 2 is 2.27 bits per heavy atom. The third kappa shape index (κ3) is 2.61. The van der Waals surface area contributed by atoms with Crippen molar-refractivity contribution in [2.24, 2.45) is 18.2 Å². The summed E-state index contributed by atoms with van der Waals surface area (Å²) in [5.74, 6) is -0.915. The normalized spacial score (nSPS) is 33.1. The molecule has 0 aromatic carbocycles. The van der Waals surface area contributed by atoms with Crippen LogP contribution in [0.3, 0.4) is 0 Å². The number of carboxylic acids is 1. The minimum atomic E-state index is -1.06. The number of fused-ring (bicyclic) bond motifs is 3. The lowest BCUT2D eigenvalue weighted by atomic mass is 9.58. The Balaban J connectivity index is 1.33. The van der Waals surface area contributed by atoms with Crippen LogP contribution in [-0.4, -0.2) is 77.4 Å². The molecule has 6 aliphatic rings. The molecule has 2 aromatic heterocycles. The van der Waals surface area contributed by atoms with Gasteiger partial charge in [-0.3, -0.25) is 19.7 Å². The molecule has 6 heterocycles. The molecule has 0 radical (unpaired) electrons. The Morgan fingerprint density at radius 1 is 1.43 bits per heavy atom. The molecule has 5 N–H and O–H groups in total. The summed E-state index contributed by atoms with van der Waals surface area (Å²) >= 11 is 3.22. The van der Waals surface area contributed by atoms with Crippen molar-refractivity contribution in [1.29, 1.82) is 0 Å². The highest BCUT2D eigenvalue weighted by Gasteiger charge is 2.68. The SMILES string of the molecule is Cn1cnc(SC2C3C(=O)C=C4SC5CC42C2=C4c6c(c[nH]c6C(=O)C2N5)CCN43)c1CC(N)C(=O)O. The van der Waals surface area contributed by atoms with Crippen LogP contribution in [0.4, 0.5) is 0 Å². The number of imidazole rings is 1. The number of H-pyrrole nitrogens is 1. The first-order valence-corrected chi connectivity index (χ1v) is 14.2. The number of Topliss-reactive ketones (excluding diaryl/α,β-unsaturated/α-hetero) is 1. The smallest absolute Gasteiger partial charge is 0.320 e. The van der Waals surface area contributed by atoms with E-state index >= 15 is 0 Å². The number of carboxylic acid groups (broad SMARTS) is 1. The second-order valence-electron chi connectivity index (χ2n) is 10.7. The summed E-state index contributed by atoms with van der Waals surface area (Å²) in [5, 5.41) is 13.6. The fourth-order valence-corrected chi connectivity index (χ4v) is 10.6. The number of hydrogen-bond acceptors (Lipinski definition) is 9. The number of nitrogens with one attached hydrogen (secondary N) is 2. The Labute approximate surface area is 220 Å². The molecule has 6 unspecified atom stereocenters. The van der Waals surface area contributed by atoms with Crippen LogP contribution in [0.5, 0.6) is 0 Å². The van der Waals surface area contributed by atoms with Gasteiger partial charge in [0.15, 0.2) is 5.78 Å². The minimum absolute atomic E-state index is 0.0361. The van der Waals surface area contributed by atoms with Gasteiger partial charge in [0.25, 0.3) is 0 Å². The van der Waals surface area contributed by atoms with Gasteiger partial charge in [-0.05, 0) is 30.1 Å². The van der Waals surface area contributed by atoms with Crippen molar-refractivity contribution in [1.82, 2.24) is 24.8 Å². The van der Waals surface area contributed by atoms with Gasteiger partial charge >= 0.3 is 5.97 Å². The first kappa shape index (κ1) is 22.2. The number of nitrogens with zero attached hydrogens (tertiary/aromatic N) is 3. The number of carbonyl (C=O) groups is 3. The van der Waals surface area contributed by atoms with E-state index in [1.165, 1.54) is 0 Å². The largest absolute Gasteiger partial charge is 0.480 e. The number of allylic oxidation sites excluding steroid dienone is 1. The lowest BCUT2D eigenvalue weighted by molar-refractivity contribution is -0.138. The number of carbonyl (C=O) groups excluding carboxylic acids is 2. The van der Waals surface area contributed by atoms with Gasteiger partial charge in [-0.15, -0.1) is 11.8 Å². The molecule has 2 aliphatic carbocycles. The number of hydrogen-bond donors (Lipinski definition) is 4. The molecule has 2 aromatic rings. The molecule has 190 valence electrons. The van der Waals surface area contributed by atoms with E-state index in [0.717, 1.165) is 45.8 Å². The van der Waals surface area contributed by atoms with E-state index in [-0.39, 0.29) is 28.6 Å². The Kier molecular flexibility index (Phi) is 4.31. The van der Waals surface area contributed by atoms with Gasteiger partial charge in [0, 0.05) is 47.8 Å². The van der Waals surface area contributed by atoms with Crippen molar-refractivity contribution in [2.75, 3.05) is 6.54 Å². The average Bonchev–Trinajstić information content (AvgIpc) is 3.52. The van der Waals surface area contributed by atoms with Crippen LogP contribution in [0.25, 0.3) is 5.70 Å². The van der Waals surface area contributed by atoms with Gasteiger partial charge in [-0.2, -0.15) is 0 Å². The van der Waals surface area contributed by atoms with Crippen LogP contribution in [0.15, 0.2) is 34.1 Å². The van der Waals surface area contributed by atoms with Gasteiger partial charge < -0.3 is 25.3 Å². The number of aliphatic carboxylic acids is 1. The Morgan fingerprint density at radius 3 is 3.08 bits per heavy atom. The fraction of sp³-hybridized carbons (Fsp3) is 0.440. The van der Waals surface area contributed by atoms with Crippen LogP contribution >= 0.6 is 23.5 Å². The van der Waals surface area contributed by atoms with E-state index in [4.69, 9.17) is 5.73 Å². The number of aryl methyl sites for hydroxylation is 1. The molecule has 12 heteroatoms. The maximum atomic E-state index is 13.8. The third-order valence-electron chi connectivity index (χ3n) is 8.87. The molecule has 3 bridgehead atoms. The van der Waals surface area contributed by atoms with Crippen LogP contribution in [0.2, 0.25) is 0 Å². The van der Waals surface area contributed by atoms with Gasteiger partial charge in [0.05, 0.1) is 34.4 Å². The van der Waals surface area contributed by atoms with E-state index in [0.29, 0.717) is 17.3 Å². The second kappa shape index (κ2) is 7.19. The van der Waals surface area contributed by atoms with Crippen molar-refractivity contribution in [2.45, 2.75) is 53.0 Å². The zero-order valence-corrected chi connectivity index (χ0v) is 21.5. The number of nitrogens with two attached hydrogens (primary N) is 1. The van der Waals surface area contributed by atoms with Crippen LogP contribution < -0.4 is 11.1 Å². The van der Waals surface area contributed by atoms with E-state index in [1.807, 2.05) is 23.9 Å². The number of thioether (sulfide) groups is 2. The number of ketones is 2. The highest BCUT2D eigenvalue weighted by atomic mass is 32.2. The molecule has 2 fully saturated rings. The number of rotatable bonds is 5. The molecule has 0 saturated carbocycles. The van der Waals surface area contributed by atoms with Crippen molar-refractivity contribution in [3.05, 3.63) is 51.6 Å². The number of piperidine rings is 1. The monoisotopic (exact) mass is 536 g/mol. The summed E-state index contributed by atoms with van der Waals surface area (Å²) in [6, 6.07) is -1.88. The molecule has 6 atom stereocenters. The van der Waals surface area contributed by atoms with Crippen LogP contribution in [-0.2, 0) is 29.5 Å². The van der Waals surface area contributed by atoms with Gasteiger partial charge in [0.2, 0.25) is 5.78 Å². The molecule has 8 rings (SSSR count). The summed E-state index contributed by atoms with van der Waals surface area (Å²) in [6.07, 6.45) is 7.16. The predicted molar refractivity (Wildman–Crippen MR) is 137 cm³/mol. The fourth-order valence-electron chi connectivity index (χ4n) is 7.31. The van der Waals surface area contributed by atoms with Gasteiger partial charge in [0.1, 0.15) is 17.1 Å². The Bertz CT molecular complexity index is 1520. The van der Waals surface area contributed by atoms with Crippen LogP contribution in [0.1, 0.15) is 33.7 Å². The molecular formula is C25H24N6O4S2. The summed E-state index contributed by atoms with van der Waals surface area (Å²) < 4.78 is 1.82. The van der Waals surface area contributed by atoms with E-state index in [1.54, 1.807) is 29.9 Å².